The van der Waals surface area contributed by atoms with Crippen molar-refractivity contribution in [1.82, 2.24) is 20.0 Å². The minimum Gasteiger partial charge on any atom is -0.464 e. The van der Waals surface area contributed by atoms with E-state index in [2.05, 4.69) is 15.3 Å². The summed E-state index contributed by atoms with van der Waals surface area (Å²) in [5.41, 5.74) is 12.1. The predicted octanol–water partition coefficient (Wildman–Crippen LogP) is 4.52. The molecule has 0 aliphatic carbocycles. The number of hydrazine groups is 1. The van der Waals surface area contributed by atoms with Gasteiger partial charge in [0.05, 0.1) is 42.9 Å². The number of carbonyl (C=O) groups is 2. The molecule has 2 fully saturated rings. The van der Waals surface area contributed by atoms with E-state index >= 15 is 0 Å². The second-order valence-electron chi connectivity index (χ2n) is 14.1. The van der Waals surface area contributed by atoms with Gasteiger partial charge < -0.3 is 29.4 Å². The largest absolute Gasteiger partial charge is 0.464 e. The van der Waals surface area contributed by atoms with Crippen LogP contribution in [0.2, 0.25) is 0 Å². The fourth-order valence-electron chi connectivity index (χ4n) is 7.18. The number of esters is 1. The Morgan fingerprint density at radius 1 is 1.20 bits per heavy atom. The van der Waals surface area contributed by atoms with E-state index in [9.17, 15) is 22.8 Å². The fraction of sp³-hybridized carbons (Fsp3) is 0.571. The molecule has 1 aromatic carbocycles. The lowest BCUT2D eigenvalue weighted by molar-refractivity contribution is -0.155. The van der Waals surface area contributed by atoms with Crippen molar-refractivity contribution in [3.05, 3.63) is 47.8 Å². The van der Waals surface area contributed by atoms with Gasteiger partial charge in [-0.15, -0.1) is 0 Å². The summed E-state index contributed by atoms with van der Waals surface area (Å²) in [6.07, 6.45) is -2.12. The zero-order chi connectivity index (χ0) is 35.1. The normalized spacial score (nSPS) is 24.4. The van der Waals surface area contributed by atoms with E-state index in [1.54, 1.807) is 24.4 Å². The monoisotopic (exact) mass is 686 g/mol. The Morgan fingerprint density at radius 3 is 2.76 bits per heavy atom. The Kier molecular flexibility index (Phi) is 9.95. The van der Waals surface area contributed by atoms with Crippen molar-refractivity contribution < 1.29 is 37.0 Å². The smallest absolute Gasteiger partial charge is 0.406 e. The minimum absolute atomic E-state index is 0.00205. The number of nitrogens with one attached hydrogen (secondary N) is 1. The number of carbonyl (C=O) groups excluding carboxylic acids is 2. The summed E-state index contributed by atoms with van der Waals surface area (Å²) >= 11 is 0. The molecule has 3 aliphatic heterocycles. The van der Waals surface area contributed by atoms with Crippen molar-refractivity contribution >= 4 is 28.5 Å². The van der Waals surface area contributed by atoms with Crippen LogP contribution in [-0.2, 0) is 36.8 Å². The first-order chi connectivity index (χ1) is 23.2. The lowest BCUT2D eigenvalue weighted by Crippen LogP contribution is -2.59. The number of rotatable bonds is 4. The van der Waals surface area contributed by atoms with Gasteiger partial charge in [0, 0.05) is 60.5 Å². The van der Waals surface area contributed by atoms with Crippen molar-refractivity contribution in [2.75, 3.05) is 44.9 Å². The number of fused-ring (bicyclic) bond motifs is 6. The Morgan fingerprint density at radius 2 is 2.00 bits per heavy atom. The van der Waals surface area contributed by atoms with Crippen LogP contribution in [0.5, 0.6) is 0 Å². The van der Waals surface area contributed by atoms with Gasteiger partial charge in [0.1, 0.15) is 12.6 Å². The second kappa shape index (κ2) is 13.9. The molecule has 0 unspecified atom stereocenters. The molecule has 0 radical (unpaired) electrons. The maximum atomic E-state index is 14.4. The second-order valence-corrected chi connectivity index (χ2v) is 14.1. The number of hydrogen-bond donors (Lipinski definition) is 2. The molecule has 4 atom stereocenters. The summed E-state index contributed by atoms with van der Waals surface area (Å²) in [5.74, 6) is -0.821. The van der Waals surface area contributed by atoms with Crippen LogP contribution in [0, 0.1) is 5.41 Å². The highest BCUT2D eigenvalue weighted by molar-refractivity contribution is 5.94. The van der Waals surface area contributed by atoms with E-state index in [1.165, 1.54) is 16.7 Å². The van der Waals surface area contributed by atoms with Gasteiger partial charge in [0.2, 0.25) is 0 Å². The number of anilines is 1. The molecule has 3 aliphatic rings. The number of benzene rings is 1. The number of pyridine rings is 1. The number of halogens is 3. The van der Waals surface area contributed by atoms with Gasteiger partial charge in [-0.25, -0.2) is 5.43 Å². The number of ether oxygens (including phenoxy) is 3. The van der Waals surface area contributed by atoms with E-state index < -0.39 is 42.3 Å². The van der Waals surface area contributed by atoms with Crippen LogP contribution in [0.25, 0.3) is 22.2 Å². The number of hydrogen-bond acceptors (Lipinski definition) is 9. The number of nitrogens with zero attached hydrogens (tertiary/aromatic N) is 4. The lowest BCUT2D eigenvalue weighted by atomic mass is 9.84. The van der Waals surface area contributed by atoms with E-state index in [4.69, 9.17) is 19.9 Å². The average molecular weight is 687 g/mol. The summed E-state index contributed by atoms with van der Waals surface area (Å²) in [5, 5.41) is 2.08. The van der Waals surface area contributed by atoms with Crippen LogP contribution in [0.1, 0.15) is 57.4 Å². The van der Waals surface area contributed by atoms with Gasteiger partial charge in [-0.3, -0.25) is 19.6 Å². The third-order valence-corrected chi connectivity index (χ3v) is 9.66. The van der Waals surface area contributed by atoms with Gasteiger partial charge in [-0.1, -0.05) is 13.8 Å². The molecule has 49 heavy (non-hydrogen) atoms. The van der Waals surface area contributed by atoms with E-state index in [0.717, 1.165) is 5.69 Å². The third kappa shape index (κ3) is 7.57. The molecular weight excluding hydrogens is 641 g/mol. The first kappa shape index (κ1) is 35.1. The Labute approximate surface area is 283 Å². The van der Waals surface area contributed by atoms with Crippen LogP contribution in [0.3, 0.4) is 0 Å². The molecule has 0 spiro atoms. The van der Waals surface area contributed by atoms with E-state index in [0.29, 0.717) is 78.9 Å². The number of methoxy groups -OCH3 is 1. The lowest BCUT2D eigenvalue weighted by Gasteiger charge is -2.37. The van der Waals surface area contributed by atoms with Crippen LogP contribution in [0.4, 0.5) is 18.9 Å². The maximum Gasteiger partial charge on any atom is 0.406 e. The number of cyclic esters (lactones) is 1. The maximum absolute atomic E-state index is 14.4. The van der Waals surface area contributed by atoms with Crippen LogP contribution < -0.4 is 16.1 Å². The standard InChI is InChI=1S/C35H45F3N6O5/c1-21(47-4)30-24(7-5-11-40-30)31-26-17-34(2,3)20-49-33(46)28-8-6-12-44(41-28)32(45)27(39)16-23-18-42(13-14-48-23)22-9-10-29(25(26)15-22)43(31)19-35(36,37)38/h5,7,9-11,15,21,23,27-28,41H,6,8,12-14,16-20,39H2,1-4H3/t21-,23-,27-,28-/m0/s1. The van der Waals surface area contributed by atoms with E-state index in [-0.39, 0.29) is 25.0 Å². The van der Waals surface area contributed by atoms with Crippen LogP contribution >= 0.6 is 0 Å². The highest BCUT2D eigenvalue weighted by Crippen LogP contribution is 2.43. The van der Waals surface area contributed by atoms with Gasteiger partial charge >= 0.3 is 12.1 Å². The average Bonchev–Trinajstić information content (AvgIpc) is 3.35. The van der Waals surface area contributed by atoms with Crippen molar-refractivity contribution in [2.24, 2.45) is 11.1 Å². The molecule has 11 nitrogen and oxygen atoms in total. The Bertz CT molecular complexity index is 1690. The zero-order valence-corrected chi connectivity index (χ0v) is 28.4. The summed E-state index contributed by atoms with van der Waals surface area (Å²) in [6.45, 7) is 6.28. The zero-order valence-electron chi connectivity index (χ0n) is 28.4. The summed E-state index contributed by atoms with van der Waals surface area (Å²) < 4.78 is 62.0. The first-order valence-corrected chi connectivity index (χ1v) is 16.8. The molecular formula is C35H45F3N6O5. The van der Waals surface area contributed by atoms with Gasteiger partial charge in [-0.05, 0) is 68.5 Å². The van der Waals surface area contributed by atoms with Crippen LogP contribution in [-0.4, -0.2) is 90.8 Å². The van der Waals surface area contributed by atoms with Gasteiger partial charge in [-0.2, -0.15) is 13.2 Å². The van der Waals surface area contributed by atoms with Crippen molar-refractivity contribution in [2.45, 2.75) is 83.5 Å². The number of nitrogens with two attached hydrogens (primary N) is 1. The summed E-state index contributed by atoms with van der Waals surface area (Å²) in [6, 6.07) is 7.42. The Balaban J connectivity index is 1.53. The van der Waals surface area contributed by atoms with Gasteiger partial charge in [0.15, 0.2) is 0 Å². The van der Waals surface area contributed by atoms with Gasteiger partial charge in [0.25, 0.3) is 5.91 Å². The number of amides is 1. The quantitative estimate of drug-likeness (QED) is 0.382. The topological polar surface area (TPSA) is 124 Å². The molecule has 3 aromatic rings. The highest BCUT2D eigenvalue weighted by Gasteiger charge is 2.37. The summed E-state index contributed by atoms with van der Waals surface area (Å²) in [4.78, 5) is 33.3. The molecule has 266 valence electrons. The number of aromatic nitrogens is 2. The molecule has 1 amide bonds. The molecule has 6 bridgehead atoms. The number of alkyl halides is 3. The molecule has 2 saturated heterocycles. The highest BCUT2D eigenvalue weighted by atomic mass is 19.4. The van der Waals surface area contributed by atoms with Crippen molar-refractivity contribution in [3.8, 4) is 11.3 Å². The molecule has 14 heteroatoms. The SMILES string of the molecule is CO[C@@H](C)c1ncccc1-c1c2c3cc(ccc3n1CC(F)(F)F)N1CCO[C@@H](C[C@H](N)C(=O)N3CCC[C@H](N3)C(=O)OCC(C)(C)C2)C1. The number of morpholine rings is 1. The molecule has 6 rings (SSSR count). The third-order valence-electron chi connectivity index (χ3n) is 9.66. The molecule has 5 heterocycles. The van der Waals surface area contributed by atoms with Crippen LogP contribution in [0.15, 0.2) is 36.5 Å². The predicted molar refractivity (Wildman–Crippen MR) is 178 cm³/mol. The fourth-order valence-corrected chi connectivity index (χ4v) is 7.18. The molecule has 0 saturated carbocycles. The van der Waals surface area contributed by atoms with E-state index in [1.807, 2.05) is 32.9 Å². The summed E-state index contributed by atoms with van der Waals surface area (Å²) in [7, 11) is 1.54. The molecule has 2 aromatic heterocycles. The minimum atomic E-state index is -4.52. The van der Waals surface area contributed by atoms with Crippen molar-refractivity contribution in [3.63, 3.8) is 0 Å². The Hall–Kier alpha value is -3.72. The van der Waals surface area contributed by atoms with Crippen molar-refractivity contribution in [1.29, 1.82) is 0 Å². The first-order valence-electron chi connectivity index (χ1n) is 16.8. The molecule has 3 N–H and O–H groups in total.